The van der Waals surface area contributed by atoms with E-state index in [9.17, 15) is 0 Å². The van der Waals surface area contributed by atoms with E-state index in [-0.39, 0.29) is 0 Å². The molecule has 0 aliphatic heterocycles. The summed E-state index contributed by atoms with van der Waals surface area (Å²) in [6.45, 7) is 4.51. The van der Waals surface area contributed by atoms with Crippen LogP contribution in [-0.2, 0) is 6.42 Å². The molecule has 0 unspecified atom stereocenters. The minimum absolute atomic E-state index is 1.10. The third kappa shape index (κ3) is 2.63. The highest BCUT2D eigenvalue weighted by Crippen LogP contribution is 2.30. The lowest BCUT2D eigenvalue weighted by Gasteiger charge is -2.06. The Hall–Kier alpha value is -1.30. The van der Waals surface area contributed by atoms with E-state index in [1.54, 1.807) is 11.1 Å². The zero-order valence-corrected chi connectivity index (χ0v) is 10.3. The van der Waals surface area contributed by atoms with Gasteiger partial charge in [-0.05, 0) is 37.3 Å². The molecule has 0 saturated heterocycles. The quantitative estimate of drug-likeness (QED) is 0.680. The van der Waals surface area contributed by atoms with Crippen LogP contribution in [0.2, 0.25) is 0 Å². The average Bonchev–Trinajstić information content (AvgIpc) is 2.61. The van der Waals surface area contributed by atoms with Crippen molar-refractivity contribution < 1.29 is 0 Å². The van der Waals surface area contributed by atoms with Crippen LogP contribution in [0.1, 0.15) is 38.7 Å². The smallest absolute Gasteiger partial charge is 0.00261 e. The molecule has 0 radical (unpaired) electrons. The molecule has 84 valence electrons. The van der Waals surface area contributed by atoms with E-state index >= 15 is 0 Å². The number of benzene rings is 1. The summed E-state index contributed by atoms with van der Waals surface area (Å²) in [6, 6.07) is 10.8. The maximum absolute atomic E-state index is 2.39. The van der Waals surface area contributed by atoms with E-state index in [1.165, 1.54) is 30.4 Å². The molecule has 1 aliphatic carbocycles. The van der Waals surface area contributed by atoms with Crippen LogP contribution in [0.3, 0.4) is 0 Å². The summed E-state index contributed by atoms with van der Waals surface area (Å²) in [7, 11) is 0. The van der Waals surface area contributed by atoms with Crippen molar-refractivity contribution in [2.75, 3.05) is 0 Å². The maximum atomic E-state index is 2.39. The molecule has 0 fully saturated rings. The van der Waals surface area contributed by atoms with Gasteiger partial charge in [0.05, 0.1) is 0 Å². The summed E-state index contributed by atoms with van der Waals surface area (Å²) >= 11 is 0. The predicted molar refractivity (Wildman–Crippen MR) is 70.5 cm³/mol. The summed E-state index contributed by atoms with van der Waals surface area (Å²) in [5, 5.41) is 0. The van der Waals surface area contributed by atoms with E-state index in [0.717, 1.165) is 6.42 Å². The number of rotatable bonds is 4. The number of hydrogen-bond donors (Lipinski definition) is 0. The van der Waals surface area contributed by atoms with Crippen molar-refractivity contribution in [2.45, 2.75) is 39.5 Å². The first kappa shape index (κ1) is 11.2. The third-order valence-corrected chi connectivity index (χ3v) is 3.16. The van der Waals surface area contributed by atoms with Gasteiger partial charge in [0.15, 0.2) is 0 Å². The highest BCUT2D eigenvalue weighted by molar-refractivity contribution is 5.41. The second-order valence-electron chi connectivity index (χ2n) is 4.71. The van der Waals surface area contributed by atoms with Gasteiger partial charge in [0.2, 0.25) is 0 Å². The Labute approximate surface area is 98.7 Å². The van der Waals surface area contributed by atoms with Crippen LogP contribution in [-0.4, -0.2) is 0 Å². The SMILES string of the molecule is CCCC1=C(Cc2ccccc2)C=C(C)C1. The molecule has 2 rings (SSSR count). The second-order valence-corrected chi connectivity index (χ2v) is 4.71. The average molecular weight is 212 g/mol. The molecule has 0 nitrogen and oxygen atoms in total. The summed E-state index contributed by atoms with van der Waals surface area (Å²) in [4.78, 5) is 0. The first-order valence-corrected chi connectivity index (χ1v) is 6.21. The second kappa shape index (κ2) is 5.16. The van der Waals surface area contributed by atoms with Gasteiger partial charge in [0.25, 0.3) is 0 Å². The molecule has 0 bridgehead atoms. The number of hydrogen-bond acceptors (Lipinski definition) is 0. The van der Waals surface area contributed by atoms with Crippen LogP contribution in [0.4, 0.5) is 0 Å². The standard InChI is InChI=1S/C16H20/c1-3-7-15-10-13(2)11-16(15)12-14-8-5-4-6-9-14/h4-6,8-9,11H,3,7,10,12H2,1-2H3. The topological polar surface area (TPSA) is 0 Å². The molecule has 16 heavy (non-hydrogen) atoms. The van der Waals surface area contributed by atoms with Crippen molar-refractivity contribution in [1.29, 1.82) is 0 Å². The molecule has 0 saturated carbocycles. The van der Waals surface area contributed by atoms with Gasteiger partial charge in [-0.3, -0.25) is 0 Å². The number of allylic oxidation sites excluding steroid dienone is 4. The fraction of sp³-hybridized carbons (Fsp3) is 0.375. The van der Waals surface area contributed by atoms with Gasteiger partial charge >= 0.3 is 0 Å². The van der Waals surface area contributed by atoms with E-state index in [2.05, 4.69) is 50.3 Å². The molecule has 0 heteroatoms. The van der Waals surface area contributed by atoms with Crippen molar-refractivity contribution in [3.05, 3.63) is 58.7 Å². The fourth-order valence-corrected chi connectivity index (χ4v) is 2.44. The molecule has 1 aliphatic rings. The van der Waals surface area contributed by atoms with Crippen molar-refractivity contribution in [2.24, 2.45) is 0 Å². The van der Waals surface area contributed by atoms with Crippen molar-refractivity contribution in [3.63, 3.8) is 0 Å². The Morgan fingerprint density at radius 3 is 2.56 bits per heavy atom. The molecule has 0 N–H and O–H groups in total. The van der Waals surface area contributed by atoms with Gasteiger partial charge < -0.3 is 0 Å². The monoisotopic (exact) mass is 212 g/mol. The molecule has 1 aromatic carbocycles. The Morgan fingerprint density at radius 2 is 1.88 bits per heavy atom. The predicted octanol–water partition coefficient (Wildman–Crippen LogP) is 4.68. The molecule has 0 heterocycles. The minimum atomic E-state index is 1.10. The van der Waals surface area contributed by atoms with Crippen LogP contribution in [0.5, 0.6) is 0 Å². The van der Waals surface area contributed by atoms with Crippen molar-refractivity contribution in [3.8, 4) is 0 Å². The minimum Gasteiger partial charge on any atom is -0.0690 e. The molecule has 1 aromatic rings. The lowest BCUT2D eigenvalue weighted by Crippen LogP contribution is -1.90. The van der Waals surface area contributed by atoms with Crippen LogP contribution < -0.4 is 0 Å². The van der Waals surface area contributed by atoms with Gasteiger partial charge in [-0.2, -0.15) is 0 Å². The maximum Gasteiger partial charge on any atom is -0.00261 e. The lowest BCUT2D eigenvalue weighted by atomic mass is 9.99. The van der Waals surface area contributed by atoms with Gasteiger partial charge in [0.1, 0.15) is 0 Å². The van der Waals surface area contributed by atoms with E-state index in [1.807, 2.05) is 0 Å². The zero-order chi connectivity index (χ0) is 11.4. The first-order chi connectivity index (χ1) is 7.79. The Morgan fingerprint density at radius 1 is 1.12 bits per heavy atom. The van der Waals surface area contributed by atoms with Crippen LogP contribution in [0.15, 0.2) is 53.1 Å². The zero-order valence-electron chi connectivity index (χ0n) is 10.3. The van der Waals surface area contributed by atoms with E-state index < -0.39 is 0 Å². The molecule has 0 spiro atoms. The molecule has 0 amide bonds. The van der Waals surface area contributed by atoms with E-state index in [4.69, 9.17) is 0 Å². The normalized spacial score (nSPS) is 15.5. The Balaban J connectivity index is 2.15. The fourth-order valence-electron chi connectivity index (χ4n) is 2.44. The highest BCUT2D eigenvalue weighted by Gasteiger charge is 2.12. The highest BCUT2D eigenvalue weighted by atomic mass is 14.2. The van der Waals surface area contributed by atoms with E-state index in [0.29, 0.717) is 0 Å². The molecule has 0 atom stereocenters. The molecular weight excluding hydrogens is 192 g/mol. The van der Waals surface area contributed by atoms with Gasteiger partial charge in [-0.15, -0.1) is 0 Å². The summed E-state index contributed by atoms with van der Waals surface area (Å²) in [6.07, 6.45) is 7.21. The lowest BCUT2D eigenvalue weighted by molar-refractivity contribution is 0.864. The van der Waals surface area contributed by atoms with Gasteiger partial charge in [0, 0.05) is 0 Å². The van der Waals surface area contributed by atoms with Crippen LogP contribution >= 0.6 is 0 Å². The summed E-state index contributed by atoms with van der Waals surface area (Å²) in [5.41, 5.74) is 6.17. The summed E-state index contributed by atoms with van der Waals surface area (Å²) < 4.78 is 0. The van der Waals surface area contributed by atoms with Gasteiger partial charge in [-0.1, -0.05) is 60.9 Å². The Bertz CT molecular complexity index is 407. The molecule has 0 aromatic heterocycles. The van der Waals surface area contributed by atoms with Crippen molar-refractivity contribution >= 4 is 0 Å². The van der Waals surface area contributed by atoms with Crippen molar-refractivity contribution in [1.82, 2.24) is 0 Å². The third-order valence-electron chi connectivity index (χ3n) is 3.16. The summed E-state index contributed by atoms with van der Waals surface area (Å²) in [5.74, 6) is 0. The Kier molecular flexibility index (Phi) is 3.61. The van der Waals surface area contributed by atoms with Gasteiger partial charge in [-0.25, -0.2) is 0 Å². The van der Waals surface area contributed by atoms with Crippen LogP contribution in [0, 0.1) is 0 Å². The largest absolute Gasteiger partial charge is 0.0690 e. The molecular formula is C16H20. The first-order valence-electron chi connectivity index (χ1n) is 6.21. The van der Waals surface area contributed by atoms with Crippen LogP contribution in [0.25, 0.3) is 0 Å².